The van der Waals surface area contributed by atoms with Gasteiger partial charge in [-0.1, -0.05) is 32.4 Å². The number of nitrogens with zero attached hydrogens (tertiary/aromatic N) is 2. The van der Waals surface area contributed by atoms with Gasteiger partial charge in [0.2, 0.25) is 0 Å². The maximum Gasteiger partial charge on any atom is 0.149 e. The van der Waals surface area contributed by atoms with Crippen LogP contribution in [0.2, 0.25) is 5.15 Å². The largest absolute Gasteiger partial charge is 0.368 e. The van der Waals surface area contributed by atoms with E-state index in [9.17, 15) is 0 Å². The molecule has 1 aromatic heterocycles. The molecular formula is C10H16ClN3. The van der Waals surface area contributed by atoms with Gasteiger partial charge in [0, 0.05) is 6.54 Å². The van der Waals surface area contributed by atoms with Crippen LogP contribution in [0.1, 0.15) is 27.2 Å². The molecule has 1 aromatic rings. The minimum atomic E-state index is 0.268. The Morgan fingerprint density at radius 3 is 2.71 bits per heavy atom. The molecule has 78 valence electrons. The van der Waals surface area contributed by atoms with E-state index < -0.39 is 0 Å². The summed E-state index contributed by atoms with van der Waals surface area (Å²) in [5.74, 6) is 0.735. The lowest BCUT2D eigenvalue weighted by Crippen LogP contribution is -2.22. The van der Waals surface area contributed by atoms with Crippen molar-refractivity contribution in [1.82, 2.24) is 9.97 Å². The van der Waals surface area contributed by atoms with Crippen LogP contribution < -0.4 is 5.32 Å². The Balaban J connectivity index is 2.54. The summed E-state index contributed by atoms with van der Waals surface area (Å²) in [6.45, 7) is 7.46. The van der Waals surface area contributed by atoms with Crippen molar-refractivity contribution < 1.29 is 0 Å². The maximum absolute atomic E-state index is 5.72. The van der Waals surface area contributed by atoms with Gasteiger partial charge >= 0.3 is 0 Å². The van der Waals surface area contributed by atoms with Gasteiger partial charge in [0.25, 0.3) is 0 Å². The molecular weight excluding hydrogens is 198 g/mol. The highest BCUT2D eigenvalue weighted by Crippen LogP contribution is 2.19. The Kier molecular flexibility index (Phi) is 3.69. The second-order valence-corrected chi connectivity index (χ2v) is 4.49. The molecule has 0 amide bonds. The summed E-state index contributed by atoms with van der Waals surface area (Å²) in [6, 6.07) is 0. The van der Waals surface area contributed by atoms with Crippen LogP contribution >= 0.6 is 11.6 Å². The van der Waals surface area contributed by atoms with Gasteiger partial charge in [-0.25, -0.2) is 4.98 Å². The summed E-state index contributed by atoms with van der Waals surface area (Å²) in [6.07, 6.45) is 4.32. The highest BCUT2D eigenvalue weighted by Gasteiger charge is 2.14. The standard InChI is InChI=1S/C10H16ClN3/c1-4-10(2,3)7-13-9-6-12-5-8(11)14-9/h5-6H,4,7H2,1-3H3,(H,13,14). The number of aromatic nitrogens is 2. The molecule has 0 aliphatic carbocycles. The quantitative estimate of drug-likeness (QED) is 0.836. The molecule has 0 aromatic carbocycles. The third-order valence-electron chi connectivity index (χ3n) is 2.31. The van der Waals surface area contributed by atoms with E-state index >= 15 is 0 Å². The molecule has 0 saturated carbocycles. The van der Waals surface area contributed by atoms with Gasteiger partial charge < -0.3 is 5.32 Å². The van der Waals surface area contributed by atoms with Crippen molar-refractivity contribution in [2.75, 3.05) is 11.9 Å². The van der Waals surface area contributed by atoms with Crippen LogP contribution in [0.4, 0.5) is 5.82 Å². The zero-order chi connectivity index (χ0) is 10.6. The fraction of sp³-hybridized carbons (Fsp3) is 0.600. The highest BCUT2D eigenvalue weighted by atomic mass is 35.5. The van der Waals surface area contributed by atoms with Crippen LogP contribution in [0.5, 0.6) is 0 Å². The first kappa shape index (κ1) is 11.2. The lowest BCUT2D eigenvalue weighted by molar-refractivity contribution is 0.376. The summed E-state index contributed by atoms with van der Waals surface area (Å²) in [7, 11) is 0. The zero-order valence-electron chi connectivity index (χ0n) is 8.84. The van der Waals surface area contributed by atoms with E-state index in [1.165, 1.54) is 6.20 Å². The van der Waals surface area contributed by atoms with E-state index in [1.807, 2.05) is 0 Å². The summed E-state index contributed by atoms with van der Waals surface area (Å²) < 4.78 is 0. The summed E-state index contributed by atoms with van der Waals surface area (Å²) in [4.78, 5) is 8.06. The van der Waals surface area contributed by atoms with Crippen LogP contribution in [0.15, 0.2) is 12.4 Å². The van der Waals surface area contributed by atoms with Crippen LogP contribution in [0, 0.1) is 5.41 Å². The van der Waals surface area contributed by atoms with E-state index in [0.717, 1.165) is 18.8 Å². The number of nitrogens with one attached hydrogen (secondary N) is 1. The summed E-state index contributed by atoms with van der Waals surface area (Å²) >= 11 is 5.72. The molecule has 0 aliphatic heterocycles. The lowest BCUT2D eigenvalue weighted by atomic mass is 9.90. The molecule has 3 nitrogen and oxygen atoms in total. The molecule has 14 heavy (non-hydrogen) atoms. The van der Waals surface area contributed by atoms with E-state index in [0.29, 0.717) is 5.15 Å². The number of hydrogen-bond donors (Lipinski definition) is 1. The zero-order valence-corrected chi connectivity index (χ0v) is 9.60. The van der Waals surface area contributed by atoms with Gasteiger partial charge in [0.05, 0.1) is 12.4 Å². The van der Waals surface area contributed by atoms with Crippen LogP contribution in [0.3, 0.4) is 0 Å². The molecule has 0 saturated heterocycles. The fourth-order valence-electron chi connectivity index (χ4n) is 0.882. The Labute approximate surface area is 89.9 Å². The number of anilines is 1. The molecule has 1 heterocycles. The van der Waals surface area contributed by atoms with Gasteiger partial charge in [-0.05, 0) is 11.8 Å². The van der Waals surface area contributed by atoms with Crippen LogP contribution in [-0.2, 0) is 0 Å². The van der Waals surface area contributed by atoms with E-state index in [4.69, 9.17) is 11.6 Å². The third-order valence-corrected chi connectivity index (χ3v) is 2.49. The predicted molar refractivity (Wildman–Crippen MR) is 59.6 cm³/mol. The minimum absolute atomic E-state index is 0.268. The molecule has 0 spiro atoms. The number of halogens is 1. The fourth-order valence-corrected chi connectivity index (χ4v) is 1.03. The smallest absolute Gasteiger partial charge is 0.149 e. The van der Waals surface area contributed by atoms with Crippen molar-refractivity contribution in [2.24, 2.45) is 5.41 Å². The molecule has 0 fully saturated rings. The number of rotatable bonds is 4. The minimum Gasteiger partial charge on any atom is -0.368 e. The van der Waals surface area contributed by atoms with Crippen LogP contribution in [0.25, 0.3) is 0 Å². The molecule has 0 aliphatic rings. The predicted octanol–water partition coefficient (Wildman–Crippen LogP) is 2.98. The van der Waals surface area contributed by atoms with E-state index in [-0.39, 0.29) is 5.41 Å². The molecule has 0 bridgehead atoms. The second-order valence-electron chi connectivity index (χ2n) is 4.10. The first-order valence-corrected chi connectivity index (χ1v) is 5.13. The van der Waals surface area contributed by atoms with Crippen molar-refractivity contribution in [1.29, 1.82) is 0 Å². The van der Waals surface area contributed by atoms with Crippen molar-refractivity contribution in [2.45, 2.75) is 27.2 Å². The first-order chi connectivity index (χ1) is 6.53. The molecule has 4 heteroatoms. The van der Waals surface area contributed by atoms with Gasteiger partial charge in [0.1, 0.15) is 11.0 Å². The van der Waals surface area contributed by atoms with Crippen molar-refractivity contribution >= 4 is 17.4 Å². The molecule has 0 radical (unpaired) electrons. The monoisotopic (exact) mass is 213 g/mol. The van der Waals surface area contributed by atoms with Crippen molar-refractivity contribution in [3.63, 3.8) is 0 Å². The van der Waals surface area contributed by atoms with E-state index in [1.54, 1.807) is 6.20 Å². The topological polar surface area (TPSA) is 37.8 Å². The Hall–Kier alpha value is -0.830. The molecule has 0 unspecified atom stereocenters. The van der Waals surface area contributed by atoms with Gasteiger partial charge in [-0.3, -0.25) is 4.98 Å². The average molecular weight is 214 g/mol. The Morgan fingerprint density at radius 1 is 1.43 bits per heavy atom. The van der Waals surface area contributed by atoms with Gasteiger partial charge in [-0.15, -0.1) is 0 Å². The lowest BCUT2D eigenvalue weighted by Gasteiger charge is -2.22. The number of hydrogen-bond acceptors (Lipinski definition) is 3. The molecule has 0 atom stereocenters. The Morgan fingerprint density at radius 2 is 2.14 bits per heavy atom. The Bertz CT molecular complexity index is 299. The maximum atomic E-state index is 5.72. The normalized spacial score (nSPS) is 11.4. The summed E-state index contributed by atoms with van der Waals surface area (Å²) in [5.41, 5.74) is 0.268. The second kappa shape index (κ2) is 4.60. The SMILES string of the molecule is CCC(C)(C)CNc1cncc(Cl)n1. The highest BCUT2D eigenvalue weighted by molar-refractivity contribution is 6.29. The first-order valence-electron chi connectivity index (χ1n) is 4.75. The third kappa shape index (κ3) is 3.50. The average Bonchev–Trinajstić information content (AvgIpc) is 2.15. The van der Waals surface area contributed by atoms with E-state index in [2.05, 4.69) is 36.1 Å². The molecule has 1 N–H and O–H groups in total. The van der Waals surface area contributed by atoms with Crippen LogP contribution in [-0.4, -0.2) is 16.5 Å². The van der Waals surface area contributed by atoms with Crippen molar-refractivity contribution in [3.8, 4) is 0 Å². The molecule has 1 rings (SSSR count). The summed E-state index contributed by atoms with van der Waals surface area (Å²) in [5, 5.41) is 3.64. The van der Waals surface area contributed by atoms with Crippen molar-refractivity contribution in [3.05, 3.63) is 17.5 Å². The van der Waals surface area contributed by atoms with Gasteiger partial charge in [0.15, 0.2) is 0 Å². The van der Waals surface area contributed by atoms with Gasteiger partial charge in [-0.2, -0.15) is 0 Å².